The van der Waals surface area contributed by atoms with Gasteiger partial charge in [-0.1, -0.05) is 23.9 Å². The molecule has 4 aromatic rings. The van der Waals surface area contributed by atoms with Gasteiger partial charge in [-0.25, -0.2) is 9.37 Å². The molecule has 0 amide bonds. The predicted octanol–water partition coefficient (Wildman–Crippen LogP) is 5.82. The molecule has 136 valence electrons. The average Bonchev–Trinajstić information content (AvgIpc) is 3.21. The number of aromatic nitrogens is 2. The minimum absolute atomic E-state index is 0.0701. The molecule has 0 atom stereocenters. The van der Waals surface area contributed by atoms with Crippen molar-refractivity contribution in [2.75, 3.05) is 5.75 Å². The molecule has 0 unspecified atom stereocenters. The third-order valence-electron chi connectivity index (χ3n) is 4.42. The highest BCUT2D eigenvalue weighted by atomic mass is 32.2. The van der Waals surface area contributed by atoms with E-state index in [-0.39, 0.29) is 11.6 Å². The molecular formula is C21H17FN2OS2. The number of rotatable bonds is 5. The van der Waals surface area contributed by atoms with Gasteiger partial charge in [0.15, 0.2) is 10.1 Å². The van der Waals surface area contributed by atoms with E-state index in [1.165, 1.54) is 23.9 Å². The summed E-state index contributed by atoms with van der Waals surface area (Å²) in [7, 11) is 0. The summed E-state index contributed by atoms with van der Waals surface area (Å²) in [6.45, 7) is 3.87. The Labute approximate surface area is 164 Å². The van der Waals surface area contributed by atoms with Crippen molar-refractivity contribution in [2.45, 2.75) is 18.2 Å². The number of ketones is 1. The van der Waals surface area contributed by atoms with Crippen LogP contribution in [0.5, 0.6) is 0 Å². The highest BCUT2D eigenvalue weighted by Gasteiger charge is 2.17. The van der Waals surface area contributed by atoms with E-state index in [1.807, 2.05) is 48.7 Å². The number of carbonyl (C=O) groups excluding carboxylic acids is 1. The molecule has 2 heterocycles. The van der Waals surface area contributed by atoms with Gasteiger partial charge in [0.25, 0.3) is 0 Å². The first-order chi connectivity index (χ1) is 13.0. The molecule has 0 fully saturated rings. The van der Waals surface area contributed by atoms with Crippen LogP contribution in [0, 0.1) is 19.7 Å². The second kappa shape index (κ2) is 7.29. The minimum atomic E-state index is -0.273. The Morgan fingerprint density at radius 2 is 1.89 bits per heavy atom. The smallest absolute Gasteiger partial charge is 0.174 e. The standard InChI is InChI=1S/C21H17FN2OS2/c1-13-11-17(14(2)24(13)16-9-7-15(22)8-10-16)19(25)12-26-21-23-18-5-3-4-6-20(18)27-21/h3-11H,12H2,1-2H3. The highest BCUT2D eigenvalue weighted by molar-refractivity contribution is 8.01. The summed E-state index contributed by atoms with van der Waals surface area (Å²) in [5.74, 6) is 0.138. The summed E-state index contributed by atoms with van der Waals surface area (Å²) in [6, 6.07) is 16.2. The molecule has 27 heavy (non-hydrogen) atoms. The number of fused-ring (bicyclic) bond motifs is 1. The van der Waals surface area contributed by atoms with Crippen molar-refractivity contribution in [2.24, 2.45) is 0 Å². The van der Waals surface area contributed by atoms with Crippen molar-refractivity contribution in [3.8, 4) is 5.69 Å². The van der Waals surface area contributed by atoms with Gasteiger partial charge in [0.2, 0.25) is 0 Å². The Bertz CT molecular complexity index is 1100. The second-order valence-corrected chi connectivity index (χ2v) is 8.51. The molecule has 0 aliphatic rings. The monoisotopic (exact) mass is 396 g/mol. The fraction of sp³-hybridized carbons (Fsp3) is 0.143. The molecule has 0 N–H and O–H groups in total. The zero-order chi connectivity index (χ0) is 19.0. The molecule has 2 aromatic carbocycles. The fourth-order valence-corrected chi connectivity index (χ4v) is 5.10. The summed E-state index contributed by atoms with van der Waals surface area (Å²) < 4.78 is 17.2. The molecule has 2 aromatic heterocycles. The summed E-state index contributed by atoms with van der Waals surface area (Å²) in [6.07, 6.45) is 0. The molecule has 4 rings (SSSR count). The third kappa shape index (κ3) is 3.55. The minimum Gasteiger partial charge on any atom is -0.318 e. The Hall–Kier alpha value is -2.44. The number of aryl methyl sites for hydroxylation is 1. The number of benzene rings is 2. The third-order valence-corrected chi connectivity index (χ3v) is 6.60. The van der Waals surface area contributed by atoms with E-state index in [9.17, 15) is 9.18 Å². The van der Waals surface area contributed by atoms with E-state index in [2.05, 4.69) is 4.98 Å². The van der Waals surface area contributed by atoms with Crippen molar-refractivity contribution in [3.05, 3.63) is 77.4 Å². The van der Waals surface area contributed by atoms with Gasteiger partial charge >= 0.3 is 0 Å². The van der Waals surface area contributed by atoms with Crippen LogP contribution in [-0.2, 0) is 0 Å². The number of para-hydroxylation sites is 1. The maximum absolute atomic E-state index is 13.2. The van der Waals surface area contributed by atoms with Gasteiger partial charge in [0.05, 0.1) is 16.0 Å². The van der Waals surface area contributed by atoms with Gasteiger partial charge in [-0.2, -0.15) is 0 Å². The molecule has 0 saturated heterocycles. The zero-order valence-corrected chi connectivity index (χ0v) is 16.5. The van der Waals surface area contributed by atoms with Crippen LogP contribution >= 0.6 is 23.1 Å². The van der Waals surface area contributed by atoms with Crippen molar-refractivity contribution >= 4 is 39.1 Å². The highest BCUT2D eigenvalue weighted by Crippen LogP contribution is 2.30. The van der Waals surface area contributed by atoms with E-state index >= 15 is 0 Å². The van der Waals surface area contributed by atoms with Crippen molar-refractivity contribution in [3.63, 3.8) is 0 Å². The number of nitrogens with zero attached hydrogens (tertiary/aromatic N) is 2. The second-order valence-electron chi connectivity index (χ2n) is 6.26. The van der Waals surface area contributed by atoms with Gasteiger partial charge in [-0.15, -0.1) is 11.3 Å². The average molecular weight is 397 g/mol. The largest absolute Gasteiger partial charge is 0.318 e. The maximum Gasteiger partial charge on any atom is 0.174 e. The molecule has 0 aliphatic carbocycles. The number of hydrogen-bond acceptors (Lipinski definition) is 4. The van der Waals surface area contributed by atoms with Crippen LogP contribution in [0.25, 0.3) is 15.9 Å². The first kappa shape index (κ1) is 17.9. The maximum atomic E-state index is 13.2. The molecule has 3 nitrogen and oxygen atoms in total. The van der Waals surface area contributed by atoms with E-state index in [0.717, 1.165) is 31.6 Å². The van der Waals surface area contributed by atoms with Gasteiger partial charge in [-0.3, -0.25) is 4.79 Å². The normalized spacial score (nSPS) is 11.2. The van der Waals surface area contributed by atoms with Crippen LogP contribution in [-0.4, -0.2) is 21.1 Å². The molecule has 0 radical (unpaired) electrons. The lowest BCUT2D eigenvalue weighted by atomic mass is 10.2. The molecule has 0 spiro atoms. The lowest BCUT2D eigenvalue weighted by Gasteiger charge is -2.09. The first-order valence-electron chi connectivity index (χ1n) is 8.49. The number of thioether (sulfide) groups is 1. The summed E-state index contributed by atoms with van der Waals surface area (Å²) in [5, 5.41) is 0. The van der Waals surface area contributed by atoms with Gasteiger partial charge in [0, 0.05) is 22.6 Å². The van der Waals surface area contributed by atoms with Crippen LogP contribution in [0.1, 0.15) is 21.7 Å². The van der Waals surface area contributed by atoms with Crippen LogP contribution in [0.15, 0.2) is 58.9 Å². The van der Waals surface area contributed by atoms with Gasteiger partial charge in [-0.05, 0) is 56.3 Å². The van der Waals surface area contributed by atoms with Gasteiger partial charge < -0.3 is 4.57 Å². The van der Waals surface area contributed by atoms with Crippen LogP contribution < -0.4 is 0 Å². The lowest BCUT2D eigenvalue weighted by Crippen LogP contribution is -2.05. The summed E-state index contributed by atoms with van der Waals surface area (Å²) in [4.78, 5) is 17.4. The van der Waals surface area contributed by atoms with Gasteiger partial charge in [0.1, 0.15) is 5.82 Å². The van der Waals surface area contributed by atoms with E-state index in [4.69, 9.17) is 0 Å². The zero-order valence-electron chi connectivity index (χ0n) is 14.9. The van der Waals surface area contributed by atoms with E-state index in [0.29, 0.717) is 11.3 Å². The first-order valence-corrected chi connectivity index (χ1v) is 10.3. The SMILES string of the molecule is Cc1cc(C(=O)CSc2nc3ccccc3s2)c(C)n1-c1ccc(F)cc1. The van der Waals surface area contributed by atoms with Crippen molar-refractivity contribution < 1.29 is 9.18 Å². The number of carbonyl (C=O) groups is 1. The van der Waals surface area contributed by atoms with Crippen LogP contribution in [0.3, 0.4) is 0 Å². The Morgan fingerprint density at radius 1 is 1.15 bits per heavy atom. The number of halogens is 1. The number of Topliss-reactive ketones (excluding diaryl/α,β-unsaturated/α-hetero) is 1. The molecular weight excluding hydrogens is 379 g/mol. The van der Waals surface area contributed by atoms with Crippen LogP contribution in [0.4, 0.5) is 4.39 Å². The molecule has 0 aliphatic heterocycles. The van der Waals surface area contributed by atoms with E-state index < -0.39 is 0 Å². The molecule has 6 heteroatoms. The Kier molecular flexibility index (Phi) is 4.85. The Morgan fingerprint density at radius 3 is 2.63 bits per heavy atom. The fourth-order valence-electron chi connectivity index (χ4n) is 3.15. The number of thiazole rings is 1. The summed E-state index contributed by atoms with van der Waals surface area (Å²) >= 11 is 3.07. The lowest BCUT2D eigenvalue weighted by molar-refractivity contribution is 0.102. The Balaban J connectivity index is 1.55. The van der Waals surface area contributed by atoms with Crippen LogP contribution in [0.2, 0.25) is 0 Å². The number of hydrogen-bond donors (Lipinski definition) is 0. The van der Waals surface area contributed by atoms with E-state index in [1.54, 1.807) is 23.5 Å². The van der Waals surface area contributed by atoms with Crippen molar-refractivity contribution in [1.29, 1.82) is 0 Å². The summed E-state index contributed by atoms with van der Waals surface area (Å²) in [5.41, 5.74) is 4.34. The quantitative estimate of drug-likeness (QED) is 0.315. The molecule has 0 bridgehead atoms. The predicted molar refractivity (Wildman–Crippen MR) is 110 cm³/mol. The topological polar surface area (TPSA) is 34.9 Å². The molecule has 0 saturated carbocycles. The van der Waals surface area contributed by atoms with Crippen molar-refractivity contribution in [1.82, 2.24) is 9.55 Å².